The van der Waals surface area contributed by atoms with Crippen LogP contribution in [0.15, 0.2) is 0 Å². The number of aldehydes is 1. The van der Waals surface area contributed by atoms with Gasteiger partial charge in [0.2, 0.25) is 0 Å². The number of hydrogen-bond donors (Lipinski definition) is 1. The molecule has 98 valence electrons. The number of hydrogen-bond acceptors (Lipinski definition) is 4. The van der Waals surface area contributed by atoms with Gasteiger partial charge in [0.1, 0.15) is 11.9 Å². The van der Waals surface area contributed by atoms with Crippen LogP contribution in [-0.4, -0.2) is 37.2 Å². The standard InChI is InChI=1S/C12H21NO4/c1-11(2,3)17-10(15)13-9-5-6-16-8-12(9,4)7-14/h7,9H,5-6,8H2,1-4H3,(H,13,15)/t9-,12-/m0/s1. The van der Waals surface area contributed by atoms with Crippen LogP contribution in [0.1, 0.15) is 34.1 Å². The molecule has 1 rings (SSSR count). The zero-order valence-electron chi connectivity index (χ0n) is 10.9. The Hall–Kier alpha value is -1.10. The lowest BCUT2D eigenvalue weighted by atomic mass is 9.81. The lowest BCUT2D eigenvalue weighted by Crippen LogP contribution is -2.53. The highest BCUT2D eigenvalue weighted by Crippen LogP contribution is 2.26. The molecular weight excluding hydrogens is 222 g/mol. The summed E-state index contributed by atoms with van der Waals surface area (Å²) in [5.41, 5.74) is -1.21. The Morgan fingerprint density at radius 2 is 2.18 bits per heavy atom. The van der Waals surface area contributed by atoms with Crippen LogP contribution in [0.2, 0.25) is 0 Å². The van der Waals surface area contributed by atoms with Crippen molar-refractivity contribution < 1.29 is 19.1 Å². The summed E-state index contributed by atoms with van der Waals surface area (Å²) >= 11 is 0. The summed E-state index contributed by atoms with van der Waals surface area (Å²) in [5, 5.41) is 2.74. The molecule has 1 saturated heterocycles. The highest BCUT2D eigenvalue weighted by molar-refractivity contribution is 5.70. The van der Waals surface area contributed by atoms with Gasteiger partial charge >= 0.3 is 6.09 Å². The second-order valence-corrected chi connectivity index (χ2v) is 5.66. The Labute approximate surface area is 102 Å². The first-order valence-electron chi connectivity index (χ1n) is 5.80. The van der Waals surface area contributed by atoms with Crippen LogP contribution in [-0.2, 0) is 14.3 Å². The summed E-state index contributed by atoms with van der Waals surface area (Å²) in [6.45, 7) is 8.06. The van der Waals surface area contributed by atoms with Crippen molar-refractivity contribution in [2.75, 3.05) is 13.2 Å². The third kappa shape index (κ3) is 4.00. The first-order valence-corrected chi connectivity index (χ1v) is 5.80. The van der Waals surface area contributed by atoms with Crippen LogP contribution in [0, 0.1) is 5.41 Å². The van der Waals surface area contributed by atoms with Crippen LogP contribution < -0.4 is 5.32 Å². The SMILES string of the molecule is CC(C)(C)OC(=O)N[C@H]1CCOC[C@]1(C)C=O. The molecule has 0 saturated carbocycles. The van der Waals surface area contributed by atoms with E-state index in [4.69, 9.17) is 9.47 Å². The third-order valence-corrected chi connectivity index (χ3v) is 2.72. The number of carbonyl (C=O) groups excluding carboxylic acids is 2. The Morgan fingerprint density at radius 1 is 1.53 bits per heavy atom. The van der Waals surface area contributed by atoms with Gasteiger partial charge < -0.3 is 19.6 Å². The molecule has 0 unspecified atom stereocenters. The Kier molecular flexibility index (Phi) is 4.14. The van der Waals surface area contributed by atoms with Gasteiger partial charge in [-0.05, 0) is 34.1 Å². The largest absolute Gasteiger partial charge is 0.444 e. The van der Waals surface area contributed by atoms with Crippen molar-refractivity contribution >= 4 is 12.4 Å². The zero-order chi connectivity index (χ0) is 13.1. The molecule has 0 spiro atoms. The maximum atomic E-state index is 11.6. The number of carbonyl (C=O) groups is 2. The van der Waals surface area contributed by atoms with E-state index in [2.05, 4.69) is 5.32 Å². The van der Waals surface area contributed by atoms with E-state index >= 15 is 0 Å². The zero-order valence-corrected chi connectivity index (χ0v) is 10.9. The predicted octanol–water partition coefficient (Wildman–Crippen LogP) is 1.51. The van der Waals surface area contributed by atoms with Crippen molar-refractivity contribution in [3.05, 3.63) is 0 Å². The minimum atomic E-state index is -0.671. The number of rotatable bonds is 2. The van der Waals surface area contributed by atoms with E-state index < -0.39 is 17.1 Å². The minimum Gasteiger partial charge on any atom is -0.444 e. The molecule has 1 aliphatic rings. The fraction of sp³-hybridized carbons (Fsp3) is 0.833. The summed E-state index contributed by atoms with van der Waals surface area (Å²) in [5.74, 6) is 0. The first-order chi connectivity index (χ1) is 7.77. The summed E-state index contributed by atoms with van der Waals surface area (Å²) in [4.78, 5) is 22.7. The Bertz CT molecular complexity index is 297. The molecule has 2 atom stereocenters. The molecule has 1 aliphatic heterocycles. The van der Waals surface area contributed by atoms with Gasteiger partial charge in [-0.2, -0.15) is 0 Å². The summed E-state index contributed by atoms with van der Waals surface area (Å²) in [7, 11) is 0. The molecule has 0 radical (unpaired) electrons. The van der Waals surface area contributed by atoms with Gasteiger partial charge in [-0.3, -0.25) is 0 Å². The fourth-order valence-corrected chi connectivity index (χ4v) is 1.73. The molecule has 5 nitrogen and oxygen atoms in total. The molecule has 1 fully saturated rings. The molecular formula is C12H21NO4. The minimum absolute atomic E-state index is 0.233. The number of ether oxygens (including phenoxy) is 2. The van der Waals surface area contributed by atoms with Crippen molar-refractivity contribution in [2.24, 2.45) is 5.41 Å². The highest BCUT2D eigenvalue weighted by Gasteiger charge is 2.39. The smallest absolute Gasteiger partial charge is 0.407 e. The average Bonchev–Trinajstić information content (AvgIpc) is 2.19. The van der Waals surface area contributed by atoms with E-state index in [1.54, 1.807) is 27.7 Å². The van der Waals surface area contributed by atoms with Gasteiger partial charge in [-0.15, -0.1) is 0 Å². The molecule has 0 aromatic carbocycles. The first kappa shape index (κ1) is 14.0. The molecule has 0 aromatic heterocycles. The molecule has 1 heterocycles. The summed E-state index contributed by atoms with van der Waals surface area (Å²) in [6.07, 6.45) is 0.973. The highest BCUT2D eigenvalue weighted by atomic mass is 16.6. The van der Waals surface area contributed by atoms with Crippen molar-refractivity contribution in [3.8, 4) is 0 Å². The van der Waals surface area contributed by atoms with Gasteiger partial charge in [0.25, 0.3) is 0 Å². The van der Waals surface area contributed by atoms with Gasteiger partial charge in [0.05, 0.1) is 12.0 Å². The second kappa shape index (κ2) is 5.04. The fourth-order valence-electron chi connectivity index (χ4n) is 1.73. The van der Waals surface area contributed by atoms with E-state index in [-0.39, 0.29) is 6.04 Å². The van der Waals surface area contributed by atoms with Gasteiger partial charge in [-0.25, -0.2) is 4.79 Å². The van der Waals surface area contributed by atoms with E-state index in [1.807, 2.05) is 0 Å². The topological polar surface area (TPSA) is 64.6 Å². The lowest BCUT2D eigenvalue weighted by molar-refractivity contribution is -0.124. The Morgan fingerprint density at radius 3 is 2.71 bits per heavy atom. The molecule has 1 amide bonds. The molecule has 0 aromatic rings. The van der Waals surface area contributed by atoms with Crippen molar-refractivity contribution in [1.29, 1.82) is 0 Å². The summed E-state index contributed by atoms with van der Waals surface area (Å²) in [6, 6.07) is -0.233. The van der Waals surface area contributed by atoms with Crippen LogP contribution in [0.5, 0.6) is 0 Å². The third-order valence-electron chi connectivity index (χ3n) is 2.72. The maximum Gasteiger partial charge on any atom is 0.407 e. The van der Waals surface area contributed by atoms with Crippen molar-refractivity contribution in [3.63, 3.8) is 0 Å². The van der Waals surface area contributed by atoms with Crippen LogP contribution in [0.4, 0.5) is 4.79 Å². The van der Waals surface area contributed by atoms with Crippen LogP contribution >= 0.6 is 0 Å². The average molecular weight is 243 g/mol. The van der Waals surface area contributed by atoms with E-state index in [0.717, 1.165) is 6.29 Å². The lowest BCUT2D eigenvalue weighted by Gasteiger charge is -2.37. The quantitative estimate of drug-likeness (QED) is 0.746. The molecule has 17 heavy (non-hydrogen) atoms. The van der Waals surface area contributed by atoms with Gasteiger partial charge in [0, 0.05) is 12.6 Å². The van der Waals surface area contributed by atoms with E-state index in [0.29, 0.717) is 19.6 Å². The second-order valence-electron chi connectivity index (χ2n) is 5.66. The van der Waals surface area contributed by atoms with Crippen LogP contribution in [0.25, 0.3) is 0 Å². The summed E-state index contributed by atoms with van der Waals surface area (Å²) < 4.78 is 10.4. The monoisotopic (exact) mass is 243 g/mol. The predicted molar refractivity (Wildman–Crippen MR) is 62.8 cm³/mol. The maximum absolute atomic E-state index is 11.6. The van der Waals surface area contributed by atoms with E-state index in [9.17, 15) is 9.59 Å². The number of nitrogens with one attached hydrogen (secondary N) is 1. The van der Waals surface area contributed by atoms with Crippen molar-refractivity contribution in [2.45, 2.75) is 45.8 Å². The molecule has 0 bridgehead atoms. The van der Waals surface area contributed by atoms with Gasteiger partial charge in [0.15, 0.2) is 0 Å². The normalized spacial score (nSPS) is 29.5. The van der Waals surface area contributed by atoms with Crippen molar-refractivity contribution in [1.82, 2.24) is 5.32 Å². The number of amides is 1. The number of alkyl carbamates (subject to hydrolysis) is 1. The molecule has 1 N–H and O–H groups in total. The van der Waals surface area contributed by atoms with Gasteiger partial charge in [-0.1, -0.05) is 0 Å². The van der Waals surface area contributed by atoms with E-state index in [1.165, 1.54) is 0 Å². The van der Waals surface area contributed by atoms with Crippen LogP contribution in [0.3, 0.4) is 0 Å². The Balaban J connectivity index is 2.60. The molecule has 0 aliphatic carbocycles. The molecule has 5 heteroatoms.